The molecule has 1 aliphatic heterocycles. The van der Waals surface area contributed by atoms with Gasteiger partial charge in [0.15, 0.2) is 6.29 Å². The van der Waals surface area contributed by atoms with Crippen LogP contribution in [0.3, 0.4) is 0 Å². The first-order valence-corrected chi connectivity index (χ1v) is 9.55. The van der Waals surface area contributed by atoms with Crippen LogP contribution in [0, 0.1) is 0 Å². The van der Waals surface area contributed by atoms with Gasteiger partial charge >= 0.3 is 0 Å². The highest BCUT2D eigenvalue weighted by atomic mass is 16.5. The molecule has 0 spiro atoms. The average Bonchev–Trinajstić information content (AvgIpc) is 2.72. The number of nitrogens with zero attached hydrogens (tertiary/aromatic N) is 1. The minimum absolute atomic E-state index is 0.0111. The number of amides is 1. The summed E-state index contributed by atoms with van der Waals surface area (Å²) in [5.41, 5.74) is 1.55. The normalized spacial score (nSPS) is 16.6. The Balaban J connectivity index is 1.77. The molecule has 1 amide bonds. The third kappa shape index (κ3) is 4.34. The van der Waals surface area contributed by atoms with E-state index in [0.717, 1.165) is 24.8 Å². The van der Waals surface area contributed by atoms with Gasteiger partial charge in [0.25, 0.3) is 5.91 Å². The fourth-order valence-corrected chi connectivity index (χ4v) is 3.63. The fourth-order valence-electron chi connectivity index (χ4n) is 3.63. The van der Waals surface area contributed by atoms with E-state index < -0.39 is 0 Å². The second-order valence-corrected chi connectivity index (χ2v) is 6.90. The molecular weight excluding hydrogens is 358 g/mol. The molecule has 1 heterocycles. The third-order valence-corrected chi connectivity index (χ3v) is 5.11. The van der Waals surface area contributed by atoms with Crippen LogP contribution in [-0.2, 0) is 6.42 Å². The summed E-state index contributed by atoms with van der Waals surface area (Å²) in [5, 5.41) is 19.1. The molecule has 2 N–H and O–H groups in total. The maximum absolute atomic E-state index is 13.2. The summed E-state index contributed by atoms with van der Waals surface area (Å²) in [4.78, 5) is 26.2. The van der Waals surface area contributed by atoms with Gasteiger partial charge in [0.1, 0.15) is 18.1 Å². The molecule has 1 atom stereocenters. The number of benzene rings is 2. The molecule has 0 radical (unpaired) electrons. The van der Waals surface area contributed by atoms with Gasteiger partial charge in [-0.25, -0.2) is 0 Å². The lowest BCUT2D eigenvalue weighted by atomic mass is 9.98. The molecule has 6 heteroatoms. The van der Waals surface area contributed by atoms with E-state index in [4.69, 9.17) is 4.74 Å². The second-order valence-electron chi connectivity index (χ2n) is 6.90. The number of ether oxygens (including phenoxy) is 1. The molecular formula is C22H25NO5. The lowest BCUT2D eigenvalue weighted by Gasteiger charge is -2.36. The van der Waals surface area contributed by atoms with E-state index in [1.807, 2.05) is 23.1 Å². The van der Waals surface area contributed by atoms with Crippen LogP contribution in [0.2, 0.25) is 0 Å². The van der Waals surface area contributed by atoms with E-state index >= 15 is 0 Å². The van der Waals surface area contributed by atoms with Crippen LogP contribution in [0.5, 0.6) is 11.5 Å². The molecule has 0 bridgehead atoms. The summed E-state index contributed by atoms with van der Waals surface area (Å²) in [5.74, 6) is 0.125. The van der Waals surface area contributed by atoms with Gasteiger partial charge in [-0.1, -0.05) is 24.3 Å². The van der Waals surface area contributed by atoms with Crippen molar-refractivity contribution in [1.29, 1.82) is 0 Å². The number of rotatable bonds is 7. The Morgan fingerprint density at radius 1 is 1.18 bits per heavy atom. The van der Waals surface area contributed by atoms with Crippen molar-refractivity contribution in [3.8, 4) is 11.5 Å². The van der Waals surface area contributed by atoms with Crippen molar-refractivity contribution in [2.75, 3.05) is 19.8 Å². The number of carbonyl (C=O) groups excluding carboxylic acids is 2. The van der Waals surface area contributed by atoms with Crippen LogP contribution in [0.4, 0.5) is 0 Å². The van der Waals surface area contributed by atoms with Gasteiger partial charge in [-0.15, -0.1) is 0 Å². The van der Waals surface area contributed by atoms with E-state index in [2.05, 4.69) is 0 Å². The first-order chi connectivity index (χ1) is 13.7. The van der Waals surface area contributed by atoms with Crippen LogP contribution in [-0.4, -0.2) is 53.1 Å². The van der Waals surface area contributed by atoms with E-state index in [0.29, 0.717) is 30.6 Å². The summed E-state index contributed by atoms with van der Waals surface area (Å²) >= 11 is 0. The zero-order chi connectivity index (χ0) is 19.9. The highest BCUT2D eigenvalue weighted by molar-refractivity contribution is 5.96. The molecule has 1 saturated heterocycles. The van der Waals surface area contributed by atoms with E-state index in [1.165, 1.54) is 6.07 Å². The lowest BCUT2D eigenvalue weighted by molar-refractivity contribution is 0.0525. The Morgan fingerprint density at radius 2 is 2.00 bits per heavy atom. The number of carbonyl (C=O) groups is 2. The maximum atomic E-state index is 13.2. The topological polar surface area (TPSA) is 87.1 Å². The molecule has 1 aliphatic rings. The van der Waals surface area contributed by atoms with Crippen molar-refractivity contribution >= 4 is 12.2 Å². The summed E-state index contributed by atoms with van der Waals surface area (Å²) < 4.78 is 5.82. The Kier molecular flexibility index (Phi) is 6.66. The minimum Gasteiger partial charge on any atom is -0.507 e. The molecule has 0 saturated carbocycles. The van der Waals surface area contributed by atoms with Crippen LogP contribution in [0.1, 0.15) is 45.5 Å². The predicted octanol–water partition coefficient (Wildman–Crippen LogP) is 2.81. The fraction of sp³-hybridized carbons (Fsp3) is 0.364. The number of likely N-dealkylation sites (tertiary alicyclic amines) is 1. The van der Waals surface area contributed by atoms with Gasteiger partial charge < -0.3 is 19.8 Å². The summed E-state index contributed by atoms with van der Waals surface area (Å²) in [7, 11) is 0. The zero-order valence-corrected chi connectivity index (χ0v) is 15.7. The Morgan fingerprint density at radius 3 is 2.79 bits per heavy atom. The summed E-state index contributed by atoms with van der Waals surface area (Å²) in [6.07, 6.45) is 3.73. The van der Waals surface area contributed by atoms with Crippen LogP contribution < -0.4 is 4.74 Å². The standard InChI is InChI=1S/C22H25NO5/c24-13-11-16-6-1-2-8-18(16)22(27)23-12-4-3-7-17(23)15-28-21-10-5-9-20(26)19(21)14-25/h1-2,5-6,8-10,14,17,24,26H,3-4,7,11-13,15H2/t17-/m0/s1. The molecule has 2 aromatic rings. The number of aromatic hydroxyl groups is 1. The lowest BCUT2D eigenvalue weighted by Crippen LogP contribution is -2.47. The number of hydrogen-bond acceptors (Lipinski definition) is 5. The predicted molar refractivity (Wildman–Crippen MR) is 105 cm³/mol. The van der Waals surface area contributed by atoms with Gasteiger partial charge in [-0.2, -0.15) is 0 Å². The van der Waals surface area contributed by atoms with Crippen molar-refractivity contribution < 1.29 is 24.5 Å². The number of phenolic OH excluding ortho intramolecular Hbond substituents is 1. The Bertz CT molecular complexity index is 835. The van der Waals surface area contributed by atoms with Gasteiger partial charge in [0.2, 0.25) is 0 Å². The number of aldehydes is 1. The highest BCUT2D eigenvalue weighted by Crippen LogP contribution is 2.27. The maximum Gasteiger partial charge on any atom is 0.254 e. The highest BCUT2D eigenvalue weighted by Gasteiger charge is 2.29. The Hall–Kier alpha value is -2.86. The number of aliphatic hydroxyl groups is 1. The van der Waals surface area contributed by atoms with Gasteiger partial charge in [0.05, 0.1) is 11.6 Å². The quantitative estimate of drug-likeness (QED) is 0.718. The average molecular weight is 383 g/mol. The number of aliphatic hydroxyl groups excluding tert-OH is 1. The van der Waals surface area contributed by atoms with Crippen molar-refractivity contribution in [2.45, 2.75) is 31.7 Å². The molecule has 0 unspecified atom stereocenters. The van der Waals surface area contributed by atoms with Crippen LogP contribution in [0.15, 0.2) is 42.5 Å². The first kappa shape index (κ1) is 19.9. The van der Waals surface area contributed by atoms with Crippen LogP contribution >= 0.6 is 0 Å². The number of piperidine rings is 1. The van der Waals surface area contributed by atoms with E-state index in [9.17, 15) is 19.8 Å². The van der Waals surface area contributed by atoms with E-state index in [-0.39, 0.29) is 36.5 Å². The Labute approximate surface area is 164 Å². The number of phenols is 1. The molecule has 0 aromatic heterocycles. The molecule has 2 aromatic carbocycles. The molecule has 28 heavy (non-hydrogen) atoms. The monoisotopic (exact) mass is 383 g/mol. The molecule has 0 aliphatic carbocycles. The SMILES string of the molecule is O=Cc1c(O)cccc1OC[C@@H]1CCCCN1C(=O)c1ccccc1CCO. The zero-order valence-electron chi connectivity index (χ0n) is 15.7. The van der Waals surface area contributed by atoms with Gasteiger partial charge in [-0.05, 0) is 49.4 Å². The molecule has 148 valence electrons. The largest absolute Gasteiger partial charge is 0.507 e. The van der Waals surface area contributed by atoms with Crippen molar-refractivity contribution in [1.82, 2.24) is 4.90 Å². The summed E-state index contributed by atoms with van der Waals surface area (Å²) in [6, 6.07) is 11.9. The minimum atomic E-state index is -0.123. The van der Waals surface area contributed by atoms with E-state index in [1.54, 1.807) is 18.2 Å². The molecule has 6 nitrogen and oxygen atoms in total. The molecule has 1 fully saturated rings. The second kappa shape index (κ2) is 9.37. The van der Waals surface area contributed by atoms with Crippen molar-refractivity contribution in [3.63, 3.8) is 0 Å². The molecule has 3 rings (SSSR count). The first-order valence-electron chi connectivity index (χ1n) is 9.55. The van der Waals surface area contributed by atoms with Crippen molar-refractivity contribution in [2.24, 2.45) is 0 Å². The van der Waals surface area contributed by atoms with Crippen molar-refractivity contribution in [3.05, 3.63) is 59.2 Å². The smallest absolute Gasteiger partial charge is 0.254 e. The summed E-state index contributed by atoms with van der Waals surface area (Å²) in [6.45, 7) is 0.877. The third-order valence-electron chi connectivity index (χ3n) is 5.11. The van der Waals surface area contributed by atoms with Gasteiger partial charge in [-0.3, -0.25) is 9.59 Å². The van der Waals surface area contributed by atoms with Crippen LogP contribution in [0.25, 0.3) is 0 Å². The number of hydrogen-bond donors (Lipinski definition) is 2. The van der Waals surface area contributed by atoms with Gasteiger partial charge in [0, 0.05) is 18.7 Å².